The summed E-state index contributed by atoms with van der Waals surface area (Å²) in [6, 6.07) is 8.70. The van der Waals surface area contributed by atoms with Crippen LogP contribution < -0.4 is 15.6 Å². The molecule has 0 aliphatic carbocycles. The Morgan fingerprint density at radius 3 is 2.71 bits per heavy atom. The minimum atomic E-state index is -0.346. The molecule has 0 aliphatic heterocycles. The van der Waals surface area contributed by atoms with Crippen LogP contribution >= 0.6 is 11.5 Å². The molecule has 0 saturated heterocycles. The summed E-state index contributed by atoms with van der Waals surface area (Å²) in [7, 11) is 1.60. The number of aromatic amines is 1. The Morgan fingerprint density at radius 2 is 2.04 bits per heavy atom. The van der Waals surface area contributed by atoms with Gasteiger partial charge in [-0.05, 0) is 36.8 Å². The van der Waals surface area contributed by atoms with E-state index in [-0.39, 0.29) is 11.5 Å². The van der Waals surface area contributed by atoms with Crippen molar-refractivity contribution in [1.82, 2.24) is 14.3 Å². The quantitative estimate of drug-likeness (QED) is 0.759. The van der Waals surface area contributed by atoms with Crippen molar-refractivity contribution >= 4 is 22.6 Å². The maximum atomic E-state index is 12.3. The van der Waals surface area contributed by atoms with Crippen molar-refractivity contribution in [3.05, 3.63) is 58.0 Å². The van der Waals surface area contributed by atoms with E-state index in [9.17, 15) is 9.59 Å². The summed E-state index contributed by atoms with van der Waals surface area (Å²) < 4.78 is 9.35. The van der Waals surface area contributed by atoms with Gasteiger partial charge >= 0.3 is 0 Å². The molecule has 122 valence electrons. The molecular formula is C16H14N4O3S. The lowest BCUT2D eigenvalue weighted by Crippen LogP contribution is -2.16. The molecule has 0 saturated carbocycles. The number of H-pyrrole nitrogens is 1. The highest BCUT2D eigenvalue weighted by atomic mass is 32.1. The number of amides is 1. The third-order valence-corrected chi connectivity index (χ3v) is 4.00. The van der Waals surface area contributed by atoms with E-state index in [2.05, 4.69) is 19.7 Å². The number of nitrogens with one attached hydrogen (secondary N) is 2. The Balaban J connectivity index is 1.77. The maximum absolute atomic E-state index is 12.3. The first kappa shape index (κ1) is 15.9. The number of pyridine rings is 1. The zero-order valence-electron chi connectivity index (χ0n) is 13.0. The molecule has 24 heavy (non-hydrogen) atoms. The average molecular weight is 342 g/mol. The second-order valence-corrected chi connectivity index (χ2v) is 5.75. The van der Waals surface area contributed by atoms with Crippen LogP contribution in [0.15, 0.2) is 41.3 Å². The molecule has 0 atom stereocenters. The van der Waals surface area contributed by atoms with Crippen LogP contribution in [-0.2, 0) is 0 Å². The molecular weight excluding hydrogens is 328 g/mol. The van der Waals surface area contributed by atoms with Crippen molar-refractivity contribution in [3.8, 4) is 17.1 Å². The van der Waals surface area contributed by atoms with Gasteiger partial charge in [-0.3, -0.25) is 14.9 Å². The zero-order chi connectivity index (χ0) is 17.1. The van der Waals surface area contributed by atoms with Gasteiger partial charge in [-0.2, -0.15) is 9.36 Å². The lowest BCUT2D eigenvalue weighted by atomic mass is 10.1. The normalized spacial score (nSPS) is 10.4. The Labute approximate surface area is 141 Å². The number of hydrogen-bond acceptors (Lipinski definition) is 6. The predicted octanol–water partition coefficient (Wildman–Crippen LogP) is 2.46. The number of aryl methyl sites for hydroxylation is 1. The van der Waals surface area contributed by atoms with Crippen molar-refractivity contribution in [2.75, 3.05) is 12.4 Å². The molecule has 2 N–H and O–H groups in total. The topological polar surface area (TPSA) is 97.0 Å². The molecule has 0 bridgehead atoms. The molecule has 0 fully saturated rings. The number of benzene rings is 1. The van der Waals surface area contributed by atoms with E-state index in [0.717, 1.165) is 22.8 Å². The summed E-state index contributed by atoms with van der Waals surface area (Å²) >= 11 is 1.09. The second-order valence-electron chi connectivity index (χ2n) is 5.00. The second kappa shape index (κ2) is 6.63. The van der Waals surface area contributed by atoms with Crippen LogP contribution in [0.25, 0.3) is 11.4 Å². The Bertz CT molecular complexity index is 931. The van der Waals surface area contributed by atoms with Gasteiger partial charge in [0.2, 0.25) is 10.7 Å². The van der Waals surface area contributed by atoms with Crippen LogP contribution in [0.2, 0.25) is 0 Å². The summed E-state index contributed by atoms with van der Waals surface area (Å²) in [6.07, 6.45) is 1.39. The molecule has 2 aromatic heterocycles. The highest BCUT2D eigenvalue weighted by Gasteiger charge is 2.13. The Hall–Kier alpha value is -3.00. The number of carbonyl (C=O) groups excluding carboxylic acids is 1. The molecule has 2 heterocycles. The van der Waals surface area contributed by atoms with Crippen molar-refractivity contribution in [2.24, 2.45) is 0 Å². The number of methoxy groups -OCH3 is 1. The highest BCUT2D eigenvalue weighted by molar-refractivity contribution is 7.10. The summed E-state index contributed by atoms with van der Waals surface area (Å²) in [5.74, 6) is 0.924. The van der Waals surface area contributed by atoms with E-state index in [1.807, 2.05) is 24.3 Å². The first-order valence-electron chi connectivity index (χ1n) is 7.05. The first-order valence-corrected chi connectivity index (χ1v) is 7.83. The van der Waals surface area contributed by atoms with Crippen LogP contribution in [0, 0.1) is 6.92 Å². The molecule has 0 aliphatic rings. The third kappa shape index (κ3) is 3.33. The number of ether oxygens (including phenoxy) is 1. The van der Waals surface area contributed by atoms with Gasteiger partial charge in [-0.15, -0.1) is 0 Å². The lowest BCUT2D eigenvalue weighted by molar-refractivity contribution is 0.102. The standard InChI is InChI=1S/C16H14N4O3S/c1-9-7-13(21)17-8-12(9)15(22)19-16-18-14(20-24-16)10-3-5-11(23-2)6-4-10/h3-8H,1-2H3,(H,17,21)(H,18,19,20,22). The average Bonchev–Trinajstić information content (AvgIpc) is 3.03. The van der Waals surface area contributed by atoms with Crippen molar-refractivity contribution in [3.63, 3.8) is 0 Å². The van der Waals surface area contributed by atoms with Gasteiger partial charge in [-0.1, -0.05) is 0 Å². The number of rotatable bonds is 4. The minimum Gasteiger partial charge on any atom is -0.497 e. The van der Waals surface area contributed by atoms with Gasteiger partial charge in [0, 0.05) is 29.4 Å². The molecule has 1 amide bonds. The smallest absolute Gasteiger partial charge is 0.259 e. The van der Waals surface area contributed by atoms with Gasteiger partial charge in [0.05, 0.1) is 12.7 Å². The summed E-state index contributed by atoms with van der Waals surface area (Å²) in [5, 5.41) is 3.08. The molecule has 1 aromatic carbocycles. The van der Waals surface area contributed by atoms with E-state index in [1.54, 1.807) is 14.0 Å². The van der Waals surface area contributed by atoms with Crippen molar-refractivity contribution in [2.45, 2.75) is 6.92 Å². The van der Waals surface area contributed by atoms with Gasteiger partial charge < -0.3 is 9.72 Å². The molecule has 0 radical (unpaired) electrons. The first-order chi connectivity index (χ1) is 11.6. The van der Waals surface area contributed by atoms with E-state index in [1.165, 1.54) is 12.3 Å². The number of aromatic nitrogens is 3. The Morgan fingerprint density at radius 1 is 1.29 bits per heavy atom. The molecule has 7 nitrogen and oxygen atoms in total. The third-order valence-electron chi connectivity index (χ3n) is 3.37. The molecule has 3 rings (SSSR count). The van der Waals surface area contributed by atoms with Crippen LogP contribution in [0.4, 0.5) is 5.13 Å². The fourth-order valence-electron chi connectivity index (χ4n) is 2.11. The number of anilines is 1. The zero-order valence-corrected chi connectivity index (χ0v) is 13.8. The summed E-state index contributed by atoms with van der Waals surface area (Å²) in [6.45, 7) is 1.70. The summed E-state index contributed by atoms with van der Waals surface area (Å²) in [4.78, 5) is 30.3. The largest absolute Gasteiger partial charge is 0.497 e. The van der Waals surface area contributed by atoms with E-state index < -0.39 is 0 Å². The molecule has 8 heteroatoms. The molecule has 3 aromatic rings. The SMILES string of the molecule is COc1ccc(-c2nsc(NC(=O)c3c[nH]c(=O)cc3C)n2)cc1. The number of nitrogens with zero attached hydrogens (tertiary/aromatic N) is 2. The Kier molecular flexibility index (Phi) is 4.39. The van der Waals surface area contributed by atoms with Gasteiger partial charge in [-0.25, -0.2) is 0 Å². The van der Waals surface area contributed by atoms with Crippen LogP contribution in [0.5, 0.6) is 5.75 Å². The van der Waals surface area contributed by atoms with Crippen LogP contribution in [0.3, 0.4) is 0 Å². The van der Waals surface area contributed by atoms with Crippen molar-refractivity contribution < 1.29 is 9.53 Å². The number of carbonyl (C=O) groups is 1. The van der Waals surface area contributed by atoms with E-state index in [4.69, 9.17) is 4.74 Å². The fourth-order valence-corrected chi connectivity index (χ4v) is 2.70. The van der Waals surface area contributed by atoms with E-state index >= 15 is 0 Å². The molecule has 0 unspecified atom stereocenters. The van der Waals surface area contributed by atoms with Gasteiger partial charge in [0.15, 0.2) is 5.82 Å². The highest BCUT2D eigenvalue weighted by Crippen LogP contribution is 2.23. The summed E-state index contributed by atoms with van der Waals surface area (Å²) in [5.41, 5.74) is 1.56. The maximum Gasteiger partial charge on any atom is 0.259 e. The van der Waals surface area contributed by atoms with Gasteiger partial charge in [0.25, 0.3) is 5.91 Å². The number of hydrogen-bond donors (Lipinski definition) is 2. The van der Waals surface area contributed by atoms with Crippen LogP contribution in [0.1, 0.15) is 15.9 Å². The fraction of sp³-hybridized carbons (Fsp3) is 0.125. The van der Waals surface area contributed by atoms with Crippen LogP contribution in [-0.4, -0.2) is 27.4 Å². The van der Waals surface area contributed by atoms with Crippen molar-refractivity contribution in [1.29, 1.82) is 0 Å². The molecule has 0 spiro atoms. The van der Waals surface area contributed by atoms with Gasteiger partial charge in [0.1, 0.15) is 5.75 Å². The predicted molar refractivity (Wildman–Crippen MR) is 91.6 cm³/mol. The van der Waals surface area contributed by atoms with E-state index in [0.29, 0.717) is 22.1 Å². The lowest BCUT2D eigenvalue weighted by Gasteiger charge is -2.03. The monoisotopic (exact) mass is 342 g/mol. The minimum absolute atomic E-state index is 0.248.